The number of halogens is 1. The summed E-state index contributed by atoms with van der Waals surface area (Å²) < 4.78 is 20.4. The highest BCUT2D eigenvalue weighted by atomic mass is 19.1. The Morgan fingerprint density at radius 1 is 1.29 bits per heavy atom. The summed E-state index contributed by atoms with van der Waals surface area (Å²) in [5.74, 6) is 0.563. The second kappa shape index (κ2) is 5.74. The van der Waals surface area contributed by atoms with Crippen LogP contribution in [0, 0.1) is 5.82 Å². The maximum atomic E-state index is 13.4. The maximum absolute atomic E-state index is 13.4. The Hall–Kier alpha value is -2.70. The van der Waals surface area contributed by atoms with Crippen molar-refractivity contribution >= 4 is 16.9 Å². The van der Waals surface area contributed by atoms with Crippen LogP contribution in [0.1, 0.15) is 0 Å². The Kier molecular flexibility index (Phi) is 3.63. The molecule has 2 heterocycles. The molecule has 0 unspecified atom stereocenters. The first-order chi connectivity index (χ1) is 10.3. The highest BCUT2D eigenvalue weighted by Crippen LogP contribution is 2.18. The summed E-state index contributed by atoms with van der Waals surface area (Å²) in [6.07, 6.45) is 3.18. The van der Waals surface area contributed by atoms with Crippen LogP contribution in [0.5, 0.6) is 5.75 Å². The Bertz CT molecular complexity index is 758. The predicted octanol–water partition coefficient (Wildman–Crippen LogP) is 1.99. The minimum Gasteiger partial charge on any atom is -0.489 e. The molecule has 21 heavy (non-hydrogen) atoms. The van der Waals surface area contributed by atoms with Gasteiger partial charge in [-0.25, -0.2) is 14.4 Å². The SMILES string of the molecule is Cn1ncc2c(NCCOc3ccccc3F)ncnc21. The molecule has 3 rings (SSSR count). The minimum atomic E-state index is -0.366. The van der Waals surface area contributed by atoms with E-state index >= 15 is 0 Å². The molecule has 3 aromatic rings. The quantitative estimate of drug-likeness (QED) is 0.727. The van der Waals surface area contributed by atoms with Crippen molar-refractivity contribution in [3.8, 4) is 5.75 Å². The smallest absolute Gasteiger partial charge is 0.165 e. The number of benzene rings is 1. The van der Waals surface area contributed by atoms with Crippen LogP contribution in [-0.4, -0.2) is 32.9 Å². The van der Waals surface area contributed by atoms with Gasteiger partial charge in [0.1, 0.15) is 18.8 Å². The van der Waals surface area contributed by atoms with E-state index in [1.807, 2.05) is 7.05 Å². The van der Waals surface area contributed by atoms with Gasteiger partial charge in [0.25, 0.3) is 0 Å². The van der Waals surface area contributed by atoms with Crippen molar-refractivity contribution in [2.24, 2.45) is 7.05 Å². The summed E-state index contributed by atoms with van der Waals surface area (Å²) in [7, 11) is 1.82. The molecule has 108 valence electrons. The van der Waals surface area contributed by atoms with Gasteiger partial charge in [-0.2, -0.15) is 5.10 Å². The van der Waals surface area contributed by atoms with Gasteiger partial charge in [0, 0.05) is 7.05 Å². The summed E-state index contributed by atoms with van der Waals surface area (Å²) in [5.41, 5.74) is 0.752. The van der Waals surface area contributed by atoms with Crippen molar-refractivity contribution < 1.29 is 9.13 Å². The third-order valence-electron chi connectivity index (χ3n) is 3.02. The zero-order valence-electron chi connectivity index (χ0n) is 11.5. The fraction of sp³-hybridized carbons (Fsp3) is 0.214. The van der Waals surface area contributed by atoms with E-state index in [9.17, 15) is 4.39 Å². The standard InChI is InChI=1S/C14H14FN5O/c1-20-14-10(8-19-20)13(17-9-18-14)16-6-7-21-12-5-3-2-4-11(12)15/h2-5,8-9H,6-7H2,1H3,(H,16,17,18). The van der Waals surface area contributed by atoms with Crippen LogP contribution in [0.25, 0.3) is 11.0 Å². The zero-order chi connectivity index (χ0) is 14.7. The second-order valence-corrected chi connectivity index (χ2v) is 4.43. The van der Waals surface area contributed by atoms with Crippen LogP contribution >= 0.6 is 0 Å². The summed E-state index contributed by atoms with van der Waals surface area (Å²) in [4.78, 5) is 8.33. The van der Waals surface area contributed by atoms with Crippen molar-refractivity contribution in [3.05, 3.63) is 42.6 Å². The van der Waals surface area contributed by atoms with E-state index < -0.39 is 0 Å². The molecule has 0 atom stereocenters. The number of aromatic nitrogens is 4. The molecule has 0 aliphatic rings. The summed E-state index contributed by atoms with van der Waals surface area (Å²) in [6, 6.07) is 6.32. The van der Waals surface area contributed by atoms with E-state index in [2.05, 4.69) is 20.4 Å². The first-order valence-corrected chi connectivity index (χ1v) is 6.49. The van der Waals surface area contributed by atoms with Gasteiger partial charge >= 0.3 is 0 Å². The number of fused-ring (bicyclic) bond motifs is 1. The van der Waals surface area contributed by atoms with Crippen LogP contribution in [0.4, 0.5) is 10.2 Å². The van der Waals surface area contributed by atoms with Crippen molar-refractivity contribution in [3.63, 3.8) is 0 Å². The number of para-hydroxylation sites is 1. The molecule has 0 saturated heterocycles. The van der Waals surface area contributed by atoms with Gasteiger partial charge < -0.3 is 10.1 Å². The topological polar surface area (TPSA) is 64.9 Å². The normalized spacial score (nSPS) is 10.8. The number of anilines is 1. The fourth-order valence-corrected chi connectivity index (χ4v) is 2.00. The molecule has 0 aliphatic carbocycles. The molecule has 0 radical (unpaired) electrons. The van der Waals surface area contributed by atoms with Crippen LogP contribution < -0.4 is 10.1 Å². The number of hydrogen-bond donors (Lipinski definition) is 1. The lowest BCUT2D eigenvalue weighted by molar-refractivity contribution is 0.315. The lowest BCUT2D eigenvalue weighted by Crippen LogP contribution is -2.13. The minimum absolute atomic E-state index is 0.244. The van der Waals surface area contributed by atoms with Crippen LogP contribution in [0.3, 0.4) is 0 Å². The van der Waals surface area contributed by atoms with E-state index in [1.165, 1.54) is 12.4 Å². The molecule has 2 aromatic heterocycles. The van der Waals surface area contributed by atoms with E-state index in [0.717, 1.165) is 11.0 Å². The van der Waals surface area contributed by atoms with Gasteiger partial charge in [-0.05, 0) is 12.1 Å². The number of rotatable bonds is 5. The van der Waals surface area contributed by atoms with Crippen molar-refractivity contribution in [2.75, 3.05) is 18.5 Å². The number of nitrogens with zero attached hydrogens (tertiary/aromatic N) is 4. The lowest BCUT2D eigenvalue weighted by Gasteiger charge is -2.09. The number of aryl methyl sites for hydroxylation is 1. The second-order valence-electron chi connectivity index (χ2n) is 4.43. The molecule has 0 saturated carbocycles. The predicted molar refractivity (Wildman–Crippen MR) is 76.7 cm³/mol. The molecule has 7 heteroatoms. The van der Waals surface area contributed by atoms with Crippen LogP contribution in [0.15, 0.2) is 36.8 Å². The summed E-state index contributed by atoms with van der Waals surface area (Å²) in [6.45, 7) is 0.821. The molecule has 1 aromatic carbocycles. The summed E-state index contributed by atoms with van der Waals surface area (Å²) >= 11 is 0. The van der Waals surface area contributed by atoms with Gasteiger partial charge in [-0.3, -0.25) is 4.68 Å². The Labute approximate surface area is 120 Å². The third kappa shape index (κ3) is 2.76. The maximum Gasteiger partial charge on any atom is 0.165 e. The van der Waals surface area contributed by atoms with E-state index in [1.54, 1.807) is 29.1 Å². The lowest BCUT2D eigenvalue weighted by atomic mass is 10.3. The largest absolute Gasteiger partial charge is 0.489 e. The van der Waals surface area contributed by atoms with Gasteiger partial charge in [-0.1, -0.05) is 12.1 Å². The molecular weight excluding hydrogens is 273 g/mol. The molecule has 0 bridgehead atoms. The van der Waals surface area contributed by atoms with Gasteiger partial charge in [-0.15, -0.1) is 0 Å². The van der Waals surface area contributed by atoms with Crippen LogP contribution in [-0.2, 0) is 7.05 Å². The first kappa shape index (κ1) is 13.3. The molecule has 0 aliphatic heterocycles. The average molecular weight is 287 g/mol. The van der Waals surface area contributed by atoms with E-state index in [-0.39, 0.29) is 11.6 Å². The zero-order valence-corrected chi connectivity index (χ0v) is 11.5. The van der Waals surface area contributed by atoms with Gasteiger partial charge in [0.05, 0.1) is 18.1 Å². The first-order valence-electron chi connectivity index (χ1n) is 6.49. The monoisotopic (exact) mass is 287 g/mol. The number of nitrogens with one attached hydrogen (secondary N) is 1. The Morgan fingerprint density at radius 2 is 2.14 bits per heavy atom. The van der Waals surface area contributed by atoms with E-state index in [0.29, 0.717) is 19.0 Å². The molecule has 0 fully saturated rings. The Morgan fingerprint density at radius 3 is 3.00 bits per heavy atom. The van der Waals surface area contributed by atoms with Crippen molar-refractivity contribution in [1.82, 2.24) is 19.7 Å². The molecule has 0 amide bonds. The van der Waals surface area contributed by atoms with Gasteiger partial charge in [0.15, 0.2) is 17.2 Å². The van der Waals surface area contributed by atoms with Gasteiger partial charge in [0.2, 0.25) is 0 Å². The Balaban J connectivity index is 1.61. The van der Waals surface area contributed by atoms with Crippen molar-refractivity contribution in [1.29, 1.82) is 0 Å². The third-order valence-corrected chi connectivity index (χ3v) is 3.02. The molecular formula is C14H14FN5O. The summed E-state index contributed by atoms with van der Waals surface area (Å²) in [5, 5.41) is 8.11. The number of ether oxygens (including phenoxy) is 1. The number of hydrogen-bond acceptors (Lipinski definition) is 5. The average Bonchev–Trinajstić information content (AvgIpc) is 2.88. The highest BCUT2D eigenvalue weighted by Gasteiger charge is 2.07. The highest BCUT2D eigenvalue weighted by molar-refractivity contribution is 5.85. The van der Waals surface area contributed by atoms with Crippen molar-refractivity contribution in [2.45, 2.75) is 0 Å². The fourth-order valence-electron chi connectivity index (χ4n) is 2.00. The molecule has 6 nitrogen and oxygen atoms in total. The molecule has 1 N–H and O–H groups in total. The molecule has 0 spiro atoms. The van der Waals surface area contributed by atoms with E-state index in [4.69, 9.17) is 4.74 Å². The van der Waals surface area contributed by atoms with Crippen LogP contribution in [0.2, 0.25) is 0 Å².